The molecule has 0 saturated heterocycles. The second-order valence-corrected chi connectivity index (χ2v) is 7.44. The molecule has 28 heavy (non-hydrogen) atoms. The number of rotatable bonds is 8. The summed E-state index contributed by atoms with van der Waals surface area (Å²) in [7, 11) is 0. The summed E-state index contributed by atoms with van der Waals surface area (Å²) in [6.07, 6.45) is 5.26. The van der Waals surface area contributed by atoms with Crippen LogP contribution in [0.5, 0.6) is 5.75 Å². The third-order valence-corrected chi connectivity index (χ3v) is 5.26. The number of Topliss-reactive ketones (excluding diaryl/α,β-unsaturated/α-hetero) is 1. The van der Waals surface area contributed by atoms with Crippen molar-refractivity contribution in [1.82, 2.24) is 9.78 Å². The first-order valence-electron chi connectivity index (χ1n) is 10.1. The van der Waals surface area contributed by atoms with E-state index in [2.05, 4.69) is 18.9 Å². The van der Waals surface area contributed by atoms with Crippen molar-refractivity contribution < 1.29 is 14.3 Å². The molecular weight excluding hydrogens is 354 g/mol. The molecule has 0 saturated carbocycles. The van der Waals surface area contributed by atoms with E-state index < -0.39 is 0 Å². The summed E-state index contributed by atoms with van der Waals surface area (Å²) < 4.78 is 7.67. The van der Waals surface area contributed by atoms with Crippen molar-refractivity contribution in [2.75, 3.05) is 11.5 Å². The number of carbonyl (C=O) groups excluding carboxylic acids is 2. The standard InChI is InChI=1S/C22H29N3O3/c1-4-20(26)18-8-10-19(11-9-18)28-14-6-5-7-22(27)24-16(2)15-17(3)25-21(24)12-13-23-25/h8-13,16-17H,4-7,14-15H2,1-3H3/t16-,17+/m1/s1. The van der Waals surface area contributed by atoms with Crippen LogP contribution in [0, 0.1) is 0 Å². The minimum atomic E-state index is 0.132. The van der Waals surface area contributed by atoms with Gasteiger partial charge in [-0.15, -0.1) is 0 Å². The number of anilines is 1. The zero-order valence-electron chi connectivity index (χ0n) is 16.9. The Balaban J connectivity index is 1.44. The lowest BCUT2D eigenvalue weighted by Crippen LogP contribution is -2.44. The first-order chi connectivity index (χ1) is 13.5. The summed E-state index contributed by atoms with van der Waals surface area (Å²) in [6.45, 7) is 6.64. The molecule has 1 aromatic heterocycles. The monoisotopic (exact) mass is 383 g/mol. The molecule has 0 unspecified atom stereocenters. The Bertz CT molecular complexity index is 813. The summed E-state index contributed by atoms with van der Waals surface area (Å²) in [5, 5.41) is 4.35. The molecule has 2 heterocycles. The van der Waals surface area contributed by atoms with E-state index in [4.69, 9.17) is 4.74 Å². The molecule has 150 valence electrons. The van der Waals surface area contributed by atoms with Crippen molar-refractivity contribution in [3.63, 3.8) is 0 Å². The number of aromatic nitrogens is 2. The second kappa shape index (κ2) is 9.04. The van der Waals surface area contributed by atoms with Gasteiger partial charge < -0.3 is 4.74 Å². The molecule has 0 radical (unpaired) electrons. The molecule has 0 N–H and O–H groups in total. The highest BCUT2D eigenvalue weighted by Crippen LogP contribution is 2.31. The molecule has 2 atom stereocenters. The number of nitrogens with zero attached hydrogens (tertiary/aromatic N) is 3. The lowest BCUT2D eigenvalue weighted by atomic mass is 10.0. The Kier molecular flexibility index (Phi) is 6.49. The van der Waals surface area contributed by atoms with Crippen LogP contribution < -0.4 is 9.64 Å². The first-order valence-corrected chi connectivity index (χ1v) is 10.1. The van der Waals surface area contributed by atoms with Gasteiger partial charge in [-0.3, -0.25) is 14.5 Å². The molecule has 6 nitrogen and oxygen atoms in total. The lowest BCUT2D eigenvalue weighted by Gasteiger charge is -2.37. The Morgan fingerprint density at radius 3 is 2.57 bits per heavy atom. The van der Waals surface area contributed by atoms with Crippen molar-refractivity contribution >= 4 is 17.5 Å². The van der Waals surface area contributed by atoms with E-state index in [1.165, 1.54) is 0 Å². The summed E-state index contributed by atoms with van der Waals surface area (Å²) in [4.78, 5) is 26.3. The number of ketones is 1. The molecule has 0 spiro atoms. The maximum Gasteiger partial charge on any atom is 0.228 e. The van der Waals surface area contributed by atoms with Gasteiger partial charge in [0.15, 0.2) is 5.78 Å². The number of ether oxygens (including phenoxy) is 1. The number of carbonyl (C=O) groups is 2. The maximum absolute atomic E-state index is 12.8. The number of unbranched alkanes of at least 4 members (excludes halogenated alkanes) is 1. The van der Waals surface area contributed by atoms with Gasteiger partial charge in [-0.25, -0.2) is 4.68 Å². The summed E-state index contributed by atoms with van der Waals surface area (Å²) in [6, 6.07) is 9.67. The Hall–Kier alpha value is -2.63. The van der Waals surface area contributed by atoms with E-state index in [9.17, 15) is 9.59 Å². The van der Waals surface area contributed by atoms with Crippen LogP contribution in [0.15, 0.2) is 36.5 Å². The normalized spacial score (nSPS) is 18.6. The zero-order chi connectivity index (χ0) is 20.1. The number of fused-ring (bicyclic) bond motifs is 1. The van der Waals surface area contributed by atoms with E-state index in [0.717, 1.165) is 30.8 Å². The molecule has 0 bridgehead atoms. The van der Waals surface area contributed by atoms with Crippen LogP contribution in [-0.4, -0.2) is 34.1 Å². The third kappa shape index (κ3) is 4.43. The van der Waals surface area contributed by atoms with Crippen molar-refractivity contribution in [2.45, 2.75) is 65.0 Å². The van der Waals surface area contributed by atoms with Gasteiger partial charge in [-0.1, -0.05) is 6.92 Å². The van der Waals surface area contributed by atoms with Gasteiger partial charge in [0.1, 0.15) is 11.6 Å². The van der Waals surface area contributed by atoms with Crippen LogP contribution in [0.1, 0.15) is 69.3 Å². The predicted molar refractivity (Wildman–Crippen MR) is 109 cm³/mol. The van der Waals surface area contributed by atoms with Crippen LogP contribution >= 0.6 is 0 Å². The van der Waals surface area contributed by atoms with Gasteiger partial charge in [0, 0.05) is 30.5 Å². The molecule has 1 aliphatic rings. The highest BCUT2D eigenvalue weighted by molar-refractivity contribution is 5.96. The fourth-order valence-corrected chi connectivity index (χ4v) is 3.77. The summed E-state index contributed by atoms with van der Waals surface area (Å²) in [5.74, 6) is 1.92. The van der Waals surface area contributed by atoms with Gasteiger partial charge in [0.25, 0.3) is 0 Å². The maximum atomic E-state index is 12.8. The zero-order valence-corrected chi connectivity index (χ0v) is 16.9. The highest BCUT2D eigenvalue weighted by Gasteiger charge is 2.31. The molecule has 1 aliphatic heterocycles. The first kappa shape index (κ1) is 20.1. The average molecular weight is 383 g/mol. The van der Waals surface area contributed by atoms with Crippen LogP contribution in [0.25, 0.3) is 0 Å². The van der Waals surface area contributed by atoms with E-state index in [1.54, 1.807) is 18.3 Å². The van der Waals surface area contributed by atoms with E-state index in [0.29, 0.717) is 31.1 Å². The largest absolute Gasteiger partial charge is 0.494 e. The fraction of sp³-hybridized carbons (Fsp3) is 0.500. The van der Waals surface area contributed by atoms with Gasteiger partial charge in [-0.2, -0.15) is 5.10 Å². The van der Waals surface area contributed by atoms with E-state index >= 15 is 0 Å². The van der Waals surface area contributed by atoms with Gasteiger partial charge in [0.05, 0.1) is 18.8 Å². The summed E-state index contributed by atoms with van der Waals surface area (Å²) in [5.41, 5.74) is 0.713. The van der Waals surface area contributed by atoms with Crippen LogP contribution in [0.4, 0.5) is 5.82 Å². The molecule has 1 amide bonds. The van der Waals surface area contributed by atoms with Gasteiger partial charge >= 0.3 is 0 Å². The van der Waals surface area contributed by atoms with Crippen molar-refractivity contribution in [3.05, 3.63) is 42.1 Å². The van der Waals surface area contributed by atoms with E-state index in [-0.39, 0.29) is 17.7 Å². The van der Waals surface area contributed by atoms with Crippen LogP contribution in [-0.2, 0) is 4.79 Å². The van der Waals surface area contributed by atoms with Gasteiger partial charge in [0.2, 0.25) is 5.91 Å². The second-order valence-electron chi connectivity index (χ2n) is 7.44. The molecule has 0 aliphatic carbocycles. The molecule has 0 fully saturated rings. The smallest absolute Gasteiger partial charge is 0.228 e. The Labute approximate surface area is 166 Å². The fourth-order valence-electron chi connectivity index (χ4n) is 3.77. The lowest BCUT2D eigenvalue weighted by molar-refractivity contribution is -0.119. The van der Waals surface area contributed by atoms with Crippen molar-refractivity contribution in [3.8, 4) is 5.75 Å². The molecule has 3 rings (SSSR count). The number of benzene rings is 1. The average Bonchev–Trinajstić information content (AvgIpc) is 3.17. The topological polar surface area (TPSA) is 64.4 Å². The molecular formula is C22H29N3O3. The Morgan fingerprint density at radius 1 is 1.11 bits per heavy atom. The van der Waals surface area contributed by atoms with Crippen LogP contribution in [0.3, 0.4) is 0 Å². The van der Waals surface area contributed by atoms with Crippen LogP contribution in [0.2, 0.25) is 0 Å². The predicted octanol–water partition coefficient (Wildman–Crippen LogP) is 4.41. The number of hydrogen-bond donors (Lipinski definition) is 0. The minimum absolute atomic E-state index is 0.132. The highest BCUT2D eigenvalue weighted by atomic mass is 16.5. The SMILES string of the molecule is CCC(=O)c1ccc(OCCCCC(=O)N2c3ccnn3[C@@H](C)C[C@H]2C)cc1. The third-order valence-electron chi connectivity index (χ3n) is 5.26. The number of hydrogen-bond acceptors (Lipinski definition) is 4. The molecule has 1 aromatic carbocycles. The van der Waals surface area contributed by atoms with Gasteiger partial charge in [-0.05, 0) is 57.4 Å². The molecule has 6 heteroatoms. The van der Waals surface area contributed by atoms with Crippen molar-refractivity contribution in [1.29, 1.82) is 0 Å². The Morgan fingerprint density at radius 2 is 1.86 bits per heavy atom. The quantitative estimate of drug-likeness (QED) is 0.500. The number of amides is 1. The van der Waals surface area contributed by atoms with E-state index in [1.807, 2.05) is 34.7 Å². The summed E-state index contributed by atoms with van der Waals surface area (Å²) >= 11 is 0. The van der Waals surface area contributed by atoms with Crippen molar-refractivity contribution in [2.24, 2.45) is 0 Å². The minimum Gasteiger partial charge on any atom is -0.494 e. The molecule has 2 aromatic rings.